The molecule has 0 spiro atoms. The lowest BCUT2D eigenvalue weighted by atomic mass is 10.2. The van der Waals surface area contributed by atoms with E-state index in [0.29, 0.717) is 9.90 Å². The van der Waals surface area contributed by atoms with Crippen molar-refractivity contribution < 1.29 is 9.47 Å². The Bertz CT molecular complexity index is 361. The van der Waals surface area contributed by atoms with Crippen molar-refractivity contribution in [1.82, 2.24) is 0 Å². The van der Waals surface area contributed by atoms with Crippen molar-refractivity contribution in [2.24, 2.45) is 0 Å². The maximum atomic E-state index is 6.08. The second kappa shape index (κ2) is 4.33. The molecule has 1 heterocycles. The maximum absolute atomic E-state index is 6.08. The Balaban J connectivity index is 3.26. The van der Waals surface area contributed by atoms with Crippen LogP contribution in [0, 0.1) is 19.3 Å². The second-order valence-corrected chi connectivity index (χ2v) is 3.99. The van der Waals surface area contributed by atoms with Gasteiger partial charge in [-0.25, -0.2) is 0 Å². The molecule has 0 amide bonds. The van der Waals surface area contributed by atoms with Gasteiger partial charge in [-0.15, -0.1) is 17.8 Å². The molecule has 76 valence electrons. The van der Waals surface area contributed by atoms with E-state index in [1.165, 1.54) is 25.6 Å². The van der Waals surface area contributed by atoms with Crippen molar-refractivity contribution >= 4 is 22.9 Å². The quantitative estimate of drug-likeness (QED) is 0.587. The van der Waals surface area contributed by atoms with Gasteiger partial charge in [0, 0.05) is 14.2 Å². The molecule has 0 aliphatic heterocycles. The van der Waals surface area contributed by atoms with Crippen molar-refractivity contribution in [3.8, 4) is 12.3 Å². The second-order valence-electron chi connectivity index (χ2n) is 2.73. The summed E-state index contributed by atoms with van der Waals surface area (Å²) in [5.74, 6) is 1.31. The Labute approximate surface area is 92.8 Å². The van der Waals surface area contributed by atoms with E-state index in [1.54, 1.807) is 0 Å². The highest BCUT2D eigenvalue weighted by Crippen LogP contribution is 2.38. The van der Waals surface area contributed by atoms with Gasteiger partial charge in [-0.1, -0.05) is 11.6 Å². The molecule has 14 heavy (non-hydrogen) atoms. The number of thiophene rings is 1. The van der Waals surface area contributed by atoms with Crippen molar-refractivity contribution in [3.05, 3.63) is 20.8 Å². The predicted molar refractivity (Wildman–Crippen MR) is 58.6 cm³/mol. The van der Waals surface area contributed by atoms with Crippen molar-refractivity contribution in [2.45, 2.75) is 12.7 Å². The average molecular weight is 231 g/mol. The molecule has 0 atom stereocenters. The third kappa shape index (κ3) is 1.67. The molecule has 0 saturated carbocycles. The average Bonchev–Trinajstić information content (AvgIpc) is 2.54. The van der Waals surface area contributed by atoms with E-state index in [0.717, 1.165) is 5.56 Å². The summed E-state index contributed by atoms with van der Waals surface area (Å²) in [6.07, 6.45) is 5.39. The van der Waals surface area contributed by atoms with Crippen LogP contribution in [0.15, 0.2) is 5.38 Å². The smallest absolute Gasteiger partial charge is 0.271 e. The molecular formula is C10H11ClO2S. The number of ether oxygens (including phenoxy) is 2. The summed E-state index contributed by atoms with van der Waals surface area (Å²) in [6.45, 7) is 1.91. The Hall–Kier alpha value is -0.530. The molecule has 0 N–H and O–H groups in total. The summed E-state index contributed by atoms with van der Waals surface area (Å²) in [4.78, 5) is 0.712. The summed E-state index contributed by atoms with van der Waals surface area (Å²) in [7, 11) is 2.99. The topological polar surface area (TPSA) is 18.5 Å². The van der Waals surface area contributed by atoms with Gasteiger partial charge in [0.05, 0.1) is 9.90 Å². The minimum atomic E-state index is -1.16. The van der Waals surface area contributed by atoms with E-state index >= 15 is 0 Å². The van der Waals surface area contributed by atoms with Gasteiger partial charge < -0.3 is 9.47 Å². The number of rotatable bonds is 3. The van der Waals surface area contributed by atoms with Gasteiger partial charge in [-0.05, 0) is 23.8 Å². The van der Waals surface area contributed by atoms with Crippen LogP contribution >= 0.6 is 22.9 Å². The van der Waals surface area contributed by atoms with Crippen LogP contribution in [0.5, 0.6) is 0 Å². The van der Waals surface area contributed by atoms with Crippen molar-refractivity contribution in [1.29, 1.82) is 0 Å². The van der Waals surface area contributed by atoms with Crippen LogP contribution in [0.25, 0.3) is 0 Å². The normalized spacial score (nSPS) is 11.4. The van der Waals surface area contributed by atoms with E-state index in [4.69, 9.17) is 27.5 Å². The standard InChI is InChI=1S/C10H11ClO2S/c1-5-10(12-3,13-4)9-8(11)7(2)6-14-9/h1,6H,2-4H3. The lowest BCUT2D eigenvalue weighted by molar-refractivity contribution is -0.167. The van der Waals surface area contributed by atoms with E-state index in [1.807, 2.05) is 12.3 Å². The number of terminal acetylenes is 1. The highest BCUT2D eigenvalue weighted by atomic mass is 35.5. The highest BCUT2D eigenvalue weighted by molar-refractivity contribution is 7.11. The third-order valence-corrected chi connectivity index (χ3v) is 3.74. The van der Waals surface area contributed by atoms with Gasteiger partial charge in [0.25, 0.3) is 5.79 Å². The zero-order valence-corrected chi connectivity index (χ0v) is 9.83. The van der Waals surface area contributed by atoms with Crippen molar-refractivity contribution in [2.75, 3.05) is 14.2 Å². The SMILES string of the molecule is C#CC(OC)(OC)c1scc(C)c1Cl. The maximum Gasteiger partial charge on any atom is 0.271 e. The van der Waals surface area contributed by atoms with Gasteiger partial charge in [-0.3, -0.25) is 0 Å². The largest absolute Gasteiger partial charge is 0.339 e. The minimum Gasteiger partial charge on any atom is -0.339 e. The Kier molecular flexibility index (Phi) is 3.57. The molecule has 0 radical (unpaired) electrons. The number of hydrogen-bond donors (Lipinski definition) is 0. The van der Waals surface area contributed by atoms with Crippen LogP contribution in [0.1, 0.15) is 10.4 Å². The summed E-state index contributed by atoms with van der Waals surface area (Å²) in [5, 5.41) is 2.53. The molecule has 0 aliphatic carbocycles. The summed E-state index contributed by atoms with van der Waals surface area (Å²) >= 11 is 7.52. The number of methoxy groups -OCH3 is 2. The molecule has 0 fully saturated rings. The number of aryl methyl sites for hydroxylation is 1. The highest BCUT2D eigenvalue weighted by Gasteiger charge is 2.34. The molecule has 0 aliphatic rings. The van der Waals surface area contributed by atoms with Crippen LogP contribution in [0.3, 0.4) is 0 Å². The molecule has 0 aromatic carbocycles. The van der Waals surface area contributed by atoms with Gasteiger partial charge in [0.15, 0.2) is 0 Å². The molecule has 0 saturated heterocycles. The van der Waals surface area contributed by atoms with E-state index in [2.05, 4.69) is 5.92 Å². The lowest BCUT2D eigenvalue weighted by Gasteiger charge is -2.23. The number of halogens is 1. The number of hydrogen-bond acceptors (Lipinski definition) is 3. The molecule has 4 heteroatoms. The predicted octanol–water partition coefficient (Wildman–Crippen LogP) is 2.79. The molecule has 1 rings (SSSR count). The van der Waals surface area contributed by atoms with E-state index < -0.39 is 5.79 Å². The van der Waals surface area contributed by atoms with Crippen LogP contribution in [0.4, 0.5) is 0 Å². The monoisotopic (exact) mass is 230 g/mol. The first kappa shape index (κ1) is 11.5. The van der Waals surface area contributed by atoms with Gasteiger partial charge in [-0.2, -0.15) is 0 Å². The van der Waals surface area contributed by atoms with Gasteiger partial charge in [0.1, 0.15) is 0 Å². The van der Waals surface area contributed by atoms with Crippen LogP contribution < -0.4 is 0 Å². The molecule has 0 unspecified atom stereocenters. The van der Waals surface area contributed by atoms with Crippen molar-refractivity contribution in [3.63, 3.8) is 0 Å². The zero-order chi connectivity index (χ0) is 10.8. The Morgan fingerprint density at radius 2 is 2.07 bits per heavy atom. The zero-order valence-electron chi connectivity index (χ0n) is 8.26. The molecule has 0 bridgehead atoms. The Morgan fingerprint density at radius 1 is 1.50 bits per heavy atom. The fourth-order valence-electron chi connectivity index (χ4n) is 1.10. The van der Waals surface area contributed by atoms with Gasteiger partial charge >= 0.3 is 0 Å². The first-order valence-corrected chi connectivity index (χ1v) is 5.19. The molecule has 1 aromatic heterocycles. The van der Waals surface area contributed by atoms with E-state index in [9.17, 15) is 0 Å². The van der Waals surface area contributed by atoms with E-state index in [-0.39, 0.29) is 0 Å². The first-order valence-electron chi connectivity index (χ1n) is 3.93. The van der Waals surface area contributed by atoms with Crippen LogP contribution in [-0.2, 0) is 15.3 Å². The molecule has 2 nitrogen and oxygen atoms in total. The first-order chi connectivity index (χ1) is 6.61. The molecular weight excluding hydrogens is 220 g/mol. The summed E-state index contributed by atoms with van der Waals surface area (Å²) in [6, 6.07) is 0. The Morgan fingerprint density at radius 3 is 2.36 bits per heavy atom. The third-order valence-electron chi connectivity index (χ3n) is 1.96. The fourth-order valence-corrected chi connectivity index (χ4v) is 2.54. The lowest BCUT2D eigenvalue weighted by Crippen LogP contribution is -2.27. The van der Waals surface area contributed by atoms with Crippen LogP contribution in [-0.4, -0.2) is 14.2 Å². The fraction of sp³-hybridized carbons (Fsp3) is 0.400. The van der Waals surface area contributed by atoms with Gasteiger partial charge in [0.2, 0.25) is 0 Å². The van der Waals surface area contributed by atoms with Crippen LogP contribution in [0.2, 0.25) is 5.02 Å². The minimum absolute atomic E-state index is 0.608. The molecule has 1 aromatic rings. The summed E-state index contributed by atoms with van der Waals surface area (Å²) < 4.78 is 10.4. The summed E-state index contributed by atoms with van der Waals surface area (Å²) in [5.41, 5.74) is 0.973.